The van der Waals surface area contributed by atoms with Crippen LogP contribution in [-0.2, 0) is 0 Å². The van der Waals surface area contributed by atoms with E-state index in [1.165, 1.54) is 21.5 Å². The van der Waals surface area contributed by atoms with Crippen molar-refractivity contribution >= 4 is 54.5 Å². The van der Waals surface area contributed by atoms with Gasteiger partial charge in [-0.25, -0.2) is 15.0 Å². The van der Waals surface area contributed by atoms with Crippen LogP contribution in [0.3, 0.4) is 0 Å². The predicted octanol–water partition coefficient (Wildman–Crippen LogP) is 11.0. The van der Waals surface area contributed by atoms with E-state index < -0.39 is 0 Å². The minimum Gasteiger partial charge on any atom is -0.455 e. The summed E-state index contributed by atoms with van der Waals surface area (Å²) in [5.41, 5.74) is 7.49. The topological polar surface area (TPSA) is 56.7 Å². The van der Waals surface area contributed by atoms with Crippen LogP contribution in [0.1, 0.15) is 0 Å². The molecule has 0 saturated carbocycles. The second-order valence-corrected chi connectivity index (χ2v) is 12.0. The van der Waals surface area contributed by atoms with Gasteiger partial charge in [0.25, 0.3) is 0 Å². The maximum Gasteiger partial charge on any atom is 0.167 e. The molecule has 10 aromatic rings. The molecule has 0 aliphatic rings. The summed E-state index contributed by atoms with van der Waals surface area (Å²) >= 11 is 0. The highest BCUT2D eigenvalue weighted by atomic mass is 16.3. The fraction of sp³-hybridized carbons (Fsp3) is 0. The molecule has 0 aliphatic heterocycles. The molecule has 5 heteroatoms. The first kappa shape index (κ1) is 26.6. The third-order valence-corrected chi connectivity index (χ3v) is 9.22. The van der Waals surface area contributed by atoms with Gasteiger partial charge in [-0.2, -0.15) is 0 Å². The summed E-state index contributed by atoms with van der Waals surface area (Å²) in [4.78, 5) is 15.2. The standard InChI is InChI=1S/C43H26N4O/c1-3-14-28(15-4-1)41-44-42(29-16-5-2-6-17-29)46-43(45-41)35-26-30(25-34-32-19-10-12-22-38(32)48-40(34)35)47-36-21-11-9-20-33(36)39-31-18-8-7-13-27(31)23-24-37(39)47/h1-26H. The van der Waals surface area contributed by atoms with Gasteiger partial charge >= 0.3 is 0 Å². The fourth-order valence-corrected chi connectivity index (χ4v) is 7.05. The van der Waals surface area contributed by atoms with Gasteiger partial charge in [-0.15, -0.1) is 0 Å². The van der Waals surface area contributed by atoms with Gasteiger partial charge in [0.15, 0.2) is 17.5 Å². The SMILES string of the molecule is c1ccc(-c2nc(-c3ccccc3)nc(-c3cc(-n4c5ccccc5c5c6ccccc6ccc54)cc4c3oc3ccccc34)n2)cc1. The van der Waals surface area contributed by atoms with Gasteiger partial charge in [0.05, 0.1) is 16.6 Å². The Kier molecular flexibility index (Phi) is 5.81. The molecule has 224 valence electrons. The van der Waals surface area contributed by atoms with Crippen LogP contribution in [0.15, 0.2) is 162 Å². The van der Waals surface area contributed by atoms with Crippen LogP contribution in [0, 0.1) is 0 Å². The fourth-order valence-electron chi connectivity index (χ4n) is 7.05. The third-order valence-electron chi connectivity index (χ3n) is 9.22. The first-order chi connectivity index (χ1) is 23.8. The number of hydrogen-bond donors (Lipinski definition) is 0. The van der Waals surface area contributed by atoms with Crippen molar-refractivity contribution in [1.82, 2.24) is 19.5 Å². The van der Waals surface area contributed by atoms with E-state index >= 15 is 0 Å². The molecule has 5 nitrogen and oxygen atoms in total. The van der Waals surface area contributed by atoms with Crippen LogP contribution >= 0.6 is 0 Å². The minimum absolute atomic E-state index is 0.555. The van der Waals surface area contributed by atoms with Gasteiger partial charge in [0.1, 0.15) is 11.2 Å². The lowest BCUT2D eigenvalue weighted by atomic mass is 10.0. The zero-order chi connectivity index (χ0) is 31.6. The molecular weight excluding hydrogens is 589 g/mol. The van der Waals surface area contributed by atoms with E-state index in [9.17, 15) is 0 Å². The number of fused-ring (bicyclic) bond motifs is 8. The van der Waals surface area contributed by atoms with Gasteiger partial charge in [0, 0.05) is 38.4 Å². The third kappa shape index (κ3) is 4.08. The van der Waals surface area contributed by atoms with Crippen LogP contribution < -0.4 is 0 Å². The van der Waals surface area contributed by atoms with Crippen molar-refractivity contribution in [2.75, 3.05) is 0 Å². The van der Waals surface area contributed by atoms with Gasteiger partial charge in [-0.05, 0) is 41.1 Å². The van der Waals surface area contributed by atoms with E-state index in [-0.39, 0.29) is 0 Å². The molecule has 0 amide bonds. The van der Waals surface area contributed by atoms with Crippen molar-refractivity contribution in [1.29, 1.82) is 0 Å². The van der Waals surface area contributed by atoms with E-state index in [4.69, 9.17) is 19.4 Å². The second kappa shape index (κ2) is 10.5. The predicted molar refractivity (Wildman–Crippen MR) is 195 cm³/mol. The molecule has 0 spiro atoms. The minimum atomic E-state index is 0.555. The average Bonchev–Trinajstić information content (AvgIpc) is 3.71. The van der Waals surface area contributed by atoms with Crippen molar-refractivity contribution in [2.45, 2.75) is 0 Å². The first-order valence-corrected chi connectivity index (χ1v) is 16.0. The maximum absolute atomic E-state index is 6.62. The largest absolute Gasteiger partial charge is 0.455 e. The lowest BCUT2D eigenvalue weighted by Gasteiger charge is -2.13. The Morgan fingerprint density at radius 2 is 1.04 bits per heavy atom. The Balaban J connectivity index is 1.32. The molecule has 3 aromatic heterocycles. The summed E-state index contributed by atoms with van der Waals surface area (Å²) in [6.07, 6.45) is 0. The average molecular weight is 615 g/mol. The molecule has 0 radical (unpaired) electrons. The molecule has 3 heterocycles. The van der Waals surface area contributed by atoms with E-state index in [0.717, 1.165) is 55.3 Å². The molecule has 10 rings (SSSR count). The summed E-state index contributed by atoms with van der Waals surface area (Å²) in [7, 11) is 0. The van der Waals surface area contributed by atoms with Crippen LogP contribution in [0.5, 0.6) is 0 Å². The van der Waals surface area contributed by atoms with Crippen molar-refractivity contribution in [2.24, 2.45) is 0 Å². The van der Waals surface area contributed by atoms with Crippen molar-refractivity contribution in [3.8, 4) is 39.9 Å². The summed E-state index contributed by atoms with van der Waals surface area (Å²) < 4.78 is 8.98. The van der Waals surface area contributed by atoms with Crippen LogP contribution in [-0.4, -0.2) is 19.5 Å². The summed E-state index contributed by atoms with van der Waals surface area (Å²) in [5.74, 6) is 1.77. The highest BCUT2D eigenvalue weighted by Crippen LogP contribution is 2.41. The molecule has 0 aliphatic carbocycles. The number of aromatic nitrogens is 4. The quantitative estimate of drug-likeness (QED) is 0.198. The number of rotatable bonds is 4. The van der Waals surface area contributed by atoms with Crippen molar-refractivity contribution < 1.29 is 4.42 Å². The summed E-state index contributed by atoms with van der Waals surface area (Å²) in [6, 6.07) is 54.5. The normalized spacial score (nSPS) is 11.8. The maximum atomic E-state index is 6.62. The zero-order valence-corrected chi connectivity index (χ0v) is 25.7. The van der Waals surface area contributed by atoms with Gasteiger partial charge < -0.3 is 8.98 Å². The highest BCUT2D eigenvalue weighted by Gasteiger charge is 2.22. The Morgan fingerprint density at radius 3 is 1.79 bits per heavy atom. The van der Waals surface area contributed by atoms with Gasteiger partial charge in [0.2, 0.25) is 0 Å². The lowest BCUT2D eigenvalue weighted by Crippen LogP contribution is -2.01. The number of benzene rings is 7. The van der Waals surface area contributed by atoms with Crippen LogP contribution in [0.4, 0.5) is 0 Å². The van der Waals surface area contributed by atoms with Gasteiger partial charge in [-0.1, -0.05) is 127 Å². The van der Waals surface area contributed by atoms with E-state index in [0.29, 0.717) is 17.5 Å². The number of hydrogen-bond acceptors (Lipinski definition) is 4. The first-order valence-electron chi connectivity index (χ1n) is 16.0. The van der Waals surface area contributed by atoms with E-state index in [2.05, 4.69) is 89.5 Å². The molecule has 0 unspecified atom stereocenters. The Hall–Kier alpha value is -6.59. The second-order valence-electron chi connectivity index (χ2n) is 12.0. The lowest BCUT2D eigenvalue weighted by molar-refractivity contribution is 0.669. The molecular formula is C43H26N4O. The van der Waals surface area contributed by atoms with Crippen molar-refractivity contribution in [3.63, 3.8) is 0 Å². The van der Waals surface area contributed by atoms with Crippen LogP contribution in [0.25, 0.3) is 94.4 Å². The number of nitrogens with zero attached hydrogens (tertiary/aromatic N) is 4. The van der Waals surface area contributed by atoms with Crippen molar-refractivity contribution in [3.05, 3.63) is 158 Å². The monoisotopic (exact) mass is 614 g/mol. The Labute approximate surface area is 275 Å². The zero-order valence-electron chi connectivity index (χ0n) is 25.7. The van der Waals surface area contributed by atoms with E-state index in [1.54, 1.807) is 0 Å². The molecule has 0 atom stereocenters. The molecule has 0 N–H and O–H groups in total. The molecule has 48 heavy (non-hydrogen) atoms. The Morgan fingerprint density at radius 1 is 0.438 bits per heavy atom. The Bertz CT molecular complexity index is 2780. The molecule has 0 saturated heterocycles. The smallest absolute Gasteiger partial charge is 0.167 e. The van der Waals surface area contributed by atoms with E-state index in [1.807, 2.05) is 72.8 Å². The number of para-hydroxylation sites is 2. The summed E-state index contributed by atoms with van der Waals surface area (Å²) in [5, 5.41) is 6.95. The molecule has 0 fully saturated rings. The molecule has 7 aromatic carbocycles. The summed E-state index contributed by atoms with van der Waals surface area (Å²) in [6.45, 7) is 0. The van der Waals surface area contributed by atoms with Gasteiger partial charge in [-0.3, -0.25) is 0 Å². The molecule has 0 bridgehead atoms. The number of furan rings is 1. The van der Waals surface area contributed by atoms with Crippen LogP contribution in [0.2, 0.25) is 0 Å². The highest BCUT2D eigenvalue weighted by molar-refractivity contribution is 6.21.